The molecule has 0 saturated carbocycles. The van der Waals surface area contributed by atoms with E-state index >= 15 is 0 Å². The molecule has 2 aromatic heterocycles. The Bertz CT molecular complexity index is 557. The third-order valence-electron chi connectivity index (χ3n) is 2.33. The minimum Gasteiger partial charge on any atom is -0.468 e. The van der Waals surface area contributed by atoms with Crippen LogP contribution < -0.4 is 5.32 Å². The van der Waals surface area contributed by atoms with Crippen LogP contribution in [0.15, 0.2) is 40.0 Å². The summed E-state index contributed by atoms with van der Waals surface area (Å²) in [6.07, 6.45) is 1.58. The van der Waals surface area contributed by atoms with Gasteiger partial charge in [-0.1, -0.05) is 11.8 Å². The molecule has 1 N–H and O–H groups in total. The number of pyridine rings is 1. The molecule has 0 spiro atoms. The molecule has 2 heterocycles. The second-order valence-electron chi connectivity index (χ2n) is 3.68. The number of furan rings is 1. The van der Waals surface area contributed by atoms with E-state index in [4.69, 9.17) is 4.42 Å². The van der Waals surface area contributed by atoms with E-state index in [-0.39, 0.29) is 5.69 Å². The van der Waals surface area contributed by atoms with Crippen molar-refractivity contribution >= 4 is 23.3 Å². The van der Waals surface area contributed by atoms with Crippen molar-refractivity contribution in [2.45, 2.75) is 17.7 Å². The summed E-state index contributed by atoms with van der Waals surface area (Å²) in [6, 6.07) is 6.69. The molecule has 0 aromatic carbocycles. The second-order valence-corrected chi connectivity index (χ2v) is 4.64. The zero-order valence-corrected chi connectivity index (χ0v) is 11.1. The standard InChI is InChI=1S/C12H13N3O3S/c1-2-13-11-6-5-10(15(16)17)12(14-11)19-8-9-4-3-7-18-9/h3-7H,2,8H2,1H3,(H,13,14). The van der Waals surface area contributed by atoms with Gasteiger partial charge >= 0.3 is 5.69 Å². The Morgan fingerprint density at radius 3 is 2.95 bits per heavy atom. The van der Waals surface area contributed by atoms with Gasteiger partial charge in [0.2, 0.25) is 0 Å². The highest BCUT2D eigenvalue weighted by atomic mass is 32.2. The quantitative estimate of drug-likeness (QED) is 0.496. The van der Waals surface area contributed by atoms with Crippen LogP contribution in [-0.2, 0) is 5.75 Å². The molecule has 0 aliphatic rings. The Kier molecular flexibility index (Phi) is 4.40. The first-order chi connectivity index (χ1) is 9.20. The molecule has 19 heavy (non-hydrogen) atoms. The zero-order valence-electron chi connectivity index (χ0n) is 10.3. The van der Waals surface area contributed by atoms with Crippen LogP contribution in [0.3, 0.4) is 0 Å². The summed E-state index contributed by atoms with van der Waals surface area (Å²) in [4.78, 5) is 14.8. The van der Waals surface area contributed by atoms with Crippen molar-refractivity contribution < 1.29 is 9.34 Å². The Balaban J connectivity index is 2.19. The van der Waals surface area contributed by atoms with Crippen LogP contribution in [0.25, 0.3) is 0 Å². The smallest absolute Gasteiger partial charge is 0.301 e. The number of aromatic nitrogens is 1. The fourth-order valence-corrected chi connectivity index (χ4v) is 2.39. The van der Waals surface area contributed by atoms with Gasteiger partial charge in [0, 0.05) is 12.6 Å². The number of rotatable bonds is 6. The SMILES string of the molecule is CCNc1ccc([N+](=O)[O-])c(SCc2ccco2)n1. The van der Waals surface area contributed by atoms with Crippen LogP contribution in [0.4, 0.5) is 11.5 Å². The average molecular weight is 279 g/mol. The van der Waals surface area contributed by atoms with Gasteiger partial charge in [-0.25, -0.2) is 4.98 Å². The lowest BCUT2D eigenvalue weighted by molar-refractivity contribution is -0.388. The summed E-state index contributed by atoms with van der Waals surface area (Å²) in [6.45, 7) is 2.66. The van der Waals surface area contributed by atoms with Gasteiger partial charge in [0.05, 0.1) is 16.9 Å². The van der Waals surface area contributed by atoms with Gasteiger partial charge in [-0.15, -0.1) is 0 Å². The maximum Gasteiger partial charge on any atom is 0.301 e. The summed E-state index contributed by atoms with van der Waals surface area (Å²) < 4.78 is 5.20. The van der Waals surface area contributed by atoms with Crippen LogP contribution in [-0.4, -0.2) is 16.5 Å². The van der Waals surface area contributed by atoms with Crippen LogP contribution in [0.5, 0.6) is 0 Å². The summed E-state index contributed by atoms with van der Waals surface area (Å²) in [5.74, 6) is 1.90. The van der Waals surface area contributed by atoms with Gasteiger partial charge in [-0.2, -0.15) is 0 Å². The fourth-order valence-electron chi connectivity index (χ4n) is 1.49. The Morgan fingerprint density at radius 2 is 2.32 bits per heavy atom. The maximum atomic E-state index is 11.0. The first kappa shape index (κ1) is 13.4. The number of nitrogens with one attached hydrogen (secondary N) is 1. The molecular formula is C12H13N3O3S. The third kappa shape index (κ3) is 3.47. The van der Waals surface area contributed by atoms with E-state index < -0.39 is 4.92 Å². The fraction of sp³-hybridized carbons (Fsp3) is 0.250. The molecule has 2 aromatic rings. The van der Waals surface area contributed by atoms with Gasteiger partial charge in [0.25, 0.3) is 0 Å². The highest BCUT2D eigenvalue weighted by Gasteiger charge is 2.17. The maximum absolute atomic E-state index is 11.0. The average Bonchev–Trinajstić information content (AvgIpc) is 2.89. The molecule has 0 unspecified atom stereocenters. The minimum atomic E-state index is -0.423. The molecule has 0 fully saturated rings. The van der Waals surface area contributed by atoms with Crippen molar-refractivity contribution in [1.82, 2.24) is 4.98 Å². The number of nitro groups is 1. The van der Waals surface area contributed by atoms with Crippen molar-refractivity contribution in [3.05, 3.63) is 46.4 Å². The molecule has 0 radical (unpaired) electrons. The minimum absolute atomic E-state index is 0.0122. The number of anilines is 1. The van der Waals surface area contributed by atoms with Crippen molar-refractivity contribution in [2.24, 2.45) is 0 Å². The second kappa shape index (κ2) is 6.24. The lowest BCUT2D eigenvalue weighted by atomic mass is 10.4. The summed E-state index contributed by atoms with van der Waals surface area (Å²) >= 11 is 1.29. The molecule has 0 saturated heterocycles. The van der Waals surface area contributed by atoms with E-state index in [2.05, 4.69) is 10.3 Å². The molecule has 0 aliphatic carbocycles. The molecular weight excluding hydrogens is 266 g/mol. The van der Waals surface area contributed by atoms with E-state index in [0.29, 0.717) is 23.1 Å². The topological polar surface area (TPSA) is 81.2 Å². The van der Waals surface area contributed by atoms with E-state index in [9.17, 15) is 10.1 Å². The molecule has 0 amide bonds. The molecule has 7 heteroatoms. The summed E-state index contributed by atoms with van der Waals surface area (Å²) in [7, 11) is 0. The zero-order chi connectivity index (χ0) is 13.7. The largest absolute Gasteiger partial charge is 0.468 e. The van der Waals surface area contributed by atoms with Crippen LogP contribution in [0, 0.1) is 10.1 Å². The molecule has 0 atom stereocenters. The predicted octanol–water partition coefficient (Wildman–Crippen LogP) is 3.31. The van der Waals surface area contributed by atoms with E-state index in [1.165, 1.54) is 17.8 Å². The molecule has 0 bridgehead atoms. The van der Waals surface area contributed by atoms with Gasteiger partial charge < -0.3 is 9.73 Å². The van der Waals surface area contributed by atoms with E-state index in [0.717, 1.165) is 5.76 Å². The van der Waals surface area contributed by atoms with Crippen molar-refractivity contribution in [3.8, 4) is 0 Å². The number of thioether (sulfide) groups is 1. The first-order valence-corrected chi connectivity index (χ1v) is 6.73. The number of hydrogen-bond donors (Lipinski definition) is 1. The van der Waals surface area contributed by atoms with Gasteiger partial charge in [-0.05, 0) is 25.1 Å². The normalized spacial score (nSPS) is 10.4. The molecule has 6 nitrogen and oxygen atoms in total. The first-order valence-electron chi connectivity index (χ1n) is 5.75. The highest BCUT2D eigenvalue weighted by molar-refractivity contribution is 7.98. The molecule has 2 rings (SSSR count). The van der Waals surface area contributed by atoms with Gasteiger partial charge in [-0.3, -0.25) is 10.1 Å². The van der Waals surface area contributed by atoms with Crippen LogP contribution >= 0.6 is 11.8 Å². The van der Waals surface area contributed by atoms with E-state index in [1.54, 1.807) is 18.4 Å². The highest BCUT2D eigenvalue weighted by Crippen LogP contribution is 2.31. The lowest BCUT2D eigenvalue weighted by Crippen LogP contribution is -2.01. The predicted molar refractivity (Wildman–Crippen MR) is 73.3 cm³/mol. The summed E-state index contributed by atoms with van der Waals surface area (Å²) in [5, 5.41) is 14.4. The van der Waals surface area contributed by atoms with E-state index in [1.807, 2.05) is 13.0 Å². The third-order valence-corrected chi connectivity index (χ3v) is 3.33. The van der Waals surface area contributed by atoms with Crippen molar-refractivity contribution in [2.75, 3.05) is 11.9 Å². The molecule has 100 valence electrons. The Labute approximate surface area is 114 Å². The van der Waals surface area contributed by atoms with Crippen LogP contribution in [0.2, 0.25) is 0 Å². The lowest BCUT2D eigenvalue weighted by Gasteiger charge is -2.05. The van der Waals surface area contributed by atoms with Gasteiger partial charge in [0.15, 0.2) is 5.03 Å². The Hall–Kier alpha value is -2.02. The molecule has 0 aliphatic heterocycles. The number of hydrogen-bond acceptors (Lipinski definition) is 6. The van der Waals surface area contributed by atoms with Crippen LogP contribution in [0.1, 0.15) is 12.7 Å². The number of nitrogens with zero attached hydrogens (tertiary/aromatic N) is 2. The Morgan fingerprint density at radius 1 is 1.47 bits per heavy atom. The monoisotopic (exact) mass is 279 g/mol. The van der Waals surface area contributed by atoms with Gasteiger partial charge in [0.1, 0.15) is 11.6 Å². The van der Waals surface area contributed by atoms with Crippen molar-refractivity contribution in [3.63, 3.8) is 0 Å². The summed E-state index contributed by atoms with van der Waals surface area (Å²) in [5.41, 5.74) is 0.0122. The van der Waals surface area contributed by atoms with Crippen molar-refractivity contribution in [1.29, 1.82) is 0 Å².